The first-order valence-electron chi connectivity index (χ1n) is 12.2. The van der Waals surface area contributed by atoms with Crippen molar-refractivity contribution in [3.05, 3.63) is 77.1 Å². The Bertz CT molecular complexity index is 1340. The highest BCUT2D eigenvalue weighted by Crippen LogP contribution is 2.34. The Balaban J connectivity index is 1.27. The van der Waals surface area contributed by atoms with Crippen molar-refractivity contribution in [1.82, 2.24) is 14.5 Å². The third-order valence-corrected chi connectivity index (χ3v) is 7.32. The summed E-state index contributed by atoms with van der Waals surface area (Å²) in [6, 6.07) is 17.7. The van der Waals surface area contributed by atoms with Crippen molar-refractivity contribution in [2.45, 2.75) is 38.3 Å². The van der Waals surface area contributed by atoms with Gasteiger partial charge in [-0.3, -0.25) is 0 Å². The van der Waals surface area contributed by atoms with Gasteiger partial charge in [0, 0.05) is 40.9 Å². The maximum Gasteiger partial charge on any atom is 0.356 e. The average Bonchev–Trinajstić information content (AvgIpc) is 3.19. The summed E-state index contributed by atoms with van der Waals surface area (Å²) in [6.45, 7) is 5.64. The number of hydrogen-bond acceptors (Lipinski definition) is 5. The molecular weight excluding hydrogens is 462 g/mol. The van der Waals surface area contributed by atoms with E-state index in [1.54, 1.807) is 13.1 Å². The zero-order valence-electron chi connectivity index (χ0n) is 19.9. The number of para-hydroxylation sites is 1. The predicted octanol–water partition coefficient (Wildman–Crippen LogP) is 5.39. The molecule has 0 spiro atoms. The van der Waals surface area contributed by atoms with Crippen LogP contribution in [0, 0.1) is 0 Å². The van der Waals surface area contributed by atoms with Gasteiger partial charge in [-0.15, -0.1) is 0 Å². The van der Waals surface area contributed by atoms with E-state index in [1.165, 1.54) is 0 Å². The lowest BCUT2D eigenvalue weighted by atomic mass is 9.84. The second-order valence-corrected chi connectivity index (χ2v) is 9.65. The molecule has 1 aliphatic rings. The minimum absolute atomic E-state index is 0.327. The first kappa shape index (κ1) is 23.8. The van der Waals surface area contributed by atoms with Crippen LogP contribution in [0.15, 0.2) is 60.8 Å². The monoisotopic (exact) mass is 491 g/mol. The maximum atomic E-state index is 12.2. The number of pyridine rings is 1. The van der Waals surface area contributed by atoms with Crippen LogP contribution in [-0.2, 0) is 16.9 Å². The number of nitrogens with zero attached hydrogens (tertiary/aromatic N) is 3. The van der Waals surface area contributed by atoms with Crippen LogP contribution in [0.2, 0.25) is 5.02 Å². The Hall–Kier alpha value is -2.93. The van der Waals surface area contributed by atoms with Gasteiger partial charge in [0.25, 0.3) is 0 Å². The van der Waals surface area contributed by atoms with Gasteiger partial charge in [-0.05, 0) is 62.6 Å². The van der Waals surface area contributed by atoms with Gasteiger partial charge in [0.05, 0.1) is 23.9 Å². The molecule has 0 aliphatic carbocycles. The van der Waals surface area contributed by atoms with Crippen LogP contribution in [0.3, 0.4) is 0 Å². The highest BCUT2D eigenvalue weighted by molar-refractivity contribution is 6.30. The first-order chi connectivity index (χ1) is 17.0. The van der Waals surface area contributed by atoms with Gasteiger partial charge >= 0.3 is 5.97 Å². The van der Waals surface area contributed by atoms with Crippen LogP contribution in [0.5, 0.6) is 0 Å². The zero-order chi connectivity index (χ0) is 24.4. The summed E-state index contributed by atoms with van der Waals surface area (Å²) in [5, 5.41) is 14.0. The molecule has 2 aromatic heterocycles. The Labute approximate surface area is 210 Å². The summed E-state index contributed by atoms with van der Waals surface area (Å²) in [5.41, 5.74) is 2.66. The van der Waals surface area contributed by atoms with E-state index in [1.807, 2.05) is 42.5 Å². The van der Waals surface area contributed by atoms with Crippen LogP contribution in [0.4, 0.5) is 0 Å². The zero-order valence-corrected chi connectivity index (χ0v) is 20.7. The molecule has 0 saturated carbocycles. The van der Waals surface area contributed by atoms with Gasteiger partial charge in [0.15, 0.2) is 0 Å². The summed E-state index contributed by atoms with van der Waals surface area (Å²) >= 11 is 6.01. The van der Waals surface area contributed by atoms with Crippen LogP contribution in [0.1, 0.15) is 42.2 Å². The Kier molecular flexibility index (Phi) is 6.78. The molecule has 7 heteroatoms. The molecule has 3 heterocycles. The molecule has 1 N–H and O–H groups in total. The lowest BCUT2D eigenvalue weighted by Gasteiger charge is -2.38. The molecule has 182 valence electrons. The number of benzene rings is 2. The number of aromatic nitrogens is 2. The van der Waals surface area contributed by atoms with Gasteiger partial charge < -0.3 is 19.3 Å². The fourth-order valence-corrected chi connectivity index (χ4v) is 5.28. The quantitative estimate of drug-likeness (QED) is 0.351. The van der Waals surface area contributed by atoms with Crippen molar-refractivity contribution in [2.75, 3.05) is 26.2 Å². The number of likely N-dealkylation sites (tertiary alicyclic amines) is 1. The number of piperidine rings is 1. The number of rotatable bonds is 7. The Morgan fingerprint density at radius 2 is 1.80 bits per heavy atom. The molecule has 0 unspecified atom stereocenters. The van der Waals surface area contributed by atoms with E-state index in [2.05, 4.69) is 26.6 Å². The number of halogens is 1. The molecule has 0 amide bonds. The molecule has 0 radical (unpaired) electrons. The third-order valence-electron chi connectivity index (χ3n) is 7.06. The molecule has 5 rings (SSSR count). The van der Waals surface area contributed by atoms with E-state index in [0.29, 0.717) is 30.2 Å². The third kappa shape index (κ3) is 4.79. The lowest BCUT2D eigenvalue weighted by Crippen LogP contribution is -2.43. The molecule has 0 atom stereocenters. The van der Waals surface area contributed by atoms with Gasteiger partial charge in [-0.2, -0.15) is 0 Å². The van der Waals surface area contributed by atoms with Crippen molar-refractivity contribution in [3.8, 4) is 0 Å². The highest BCUT2D eigenvalue weighted by Gasteiger charge is 2.33. The fourth-order valence-electron chi connectivity index (χ4n) is 5.15. The molecule has 2 aromatic carbocycles. The van der Waals surface area contributed by atoms with Crippen molar-refractivity contribution in [3.63, 3.8) is 0 Å². The second kappa shape index (κ2) is 9.97. The normalized spacial score (nSPS) is 16.1. The standard InChI is InChI=1S/C28H30ClN3O3/c1-2-35-27(33)24-18-23-22-6-3-4-7-25(22)32(26(23)19-30-24)15-5-14-31-16-12-28(34,13-17-31)20-8-10-21(29)11-9-20/h3-4,6-11,18-19,34H,2,5,12-17H2,1H3. The van der Waals surface area contributed by atoms with E-state index < -0.39 is 11.6 Å². The van der Waals surface area contributed by atoms with E-state index in [-0.39, 0.29) is 0 Å². The average molecular weight is 492 g/mol. The van der Waals surface area contributed by atoms with Crippen molar-refractivity contribution >= 4 is 39.4 Å². The number of carbonyl (C=O) groups excluding carboxylic acids is 1. The van der Waals surface area contributed by atoms with E-state index >= 15 is 0 Å². The maximum absolute atomic E-state index is 12.2. The summed E-state index contributed by atoms with van der Waals surface area (Å²) in [4.78, 5) is 19.0. The summed E-state index contributed by atoms with van der Waals surface area (Å²) in [7, 11) is 0. The molecule has 1 fully saturated rings. The molecular formula is C28H30ClN3O3. The number of fused-ring (bicyclic) bond motifs is 3. The van der Waals surface area contributed by atoms with Gasteiger partial charge in [0.2, 0.25) is 0 Å². The van der Waals surface area contributed by atoms with Crippen LogP contribution < -0.4 is 0 Å². The Morgan fingerprint density at radius 1 is 1.06 bits per heavy atom. The number of hydrogen-bond donors (Lipinski definition) is 1. The Morgan fingerprint density at radius 3 is 2.54 bits per heavy atom. The SMILES string of the molecule is CCOC(=O)c1cc2c3ccccc3n(CCCN3CCC(O)(c4ccc(Cl)cc4)CC3)c2cn1. The van der Waals surface area contributed by atoms with Gasteiger partial charge in [0.1, 0.15) is 5.69 Å². The van der Waals surface area contributed by atoms with Crippen molar-refractivity contribution in [1.29, 1.82) is 0 Å². The largest absolute Gasteiger partial charge is 0.461 e. The summed E-state index contributed by atoms with van der Waals surface area (Å²) in [6.07, 6.45) is 4.19. The molecule has 6 nitrogen and oxygen atoms in total. The minimum Gasteiger partial charge on any atom is -0.461 e. The lowest BCUT2D eigenvalue weighted by molar-refractivity contribution is -0.0261. The second-order valence-electron chi connectivity index (χ2n) is 9.21. The van der Waals surface area contributed by atoms with Gasteiger partial charge in [-0.1, -0.05) is 41.9 Å². The number of aliphatic hydroxyl groups is 1. The van der Waals surface area contributed by atoms with Crippen LogP contribution >= 0.6 is 11.6 Å². The first-order valence-corrected chi connectivity index (χ1v) is 12.6. The molecule has 4 aromatic rings. The smallest absolute Gasteiger partial charge is 0.356 e. The molecule has 0 bridgehead atoms. The van der Waals surface area contributed by atoms with Crippen LogP contribution in [0.25, 0.3) is 21.8 Å². The topological polar surface area (TPSA) is 67.6 Å². The molecule has 1 saturated heterocycles. The summed E-state index contributed by atoms with van der Waals surface area (Å²) < 4.78 is 7.43. The minimum atomic E-state index is -0.782. The highest BCUT2D eigenvalue weighted by atomic mass is 35.5. The van der Waals surface area contributed by atoms with Crippen LogP contribution in [-0.4, -0.2) is 51.8 Å². The fraction of sp³-hybridized carbons (Fsp3) is 0.357. The number of esters is 1. The predicted molar refractivity (Wildman–Crippen MR) is 139 cm³/mol. The number of carbonyl (C=O) groups is 1. The molecule has 1 aliphatic heterocycles. The summed E-state index contributed by atoms with van der Waals surface area (Å²) in [5.74, 6) is -0.394. The van der Waals surface area contributed by atoms with Crippen molar-refractivity contribution in [2.24, 2.45) is 0 Å². The molecule has 35 heavy (non-hydrogen) atoms. The van der Waals surface area contributed by atoms with E-state index in [9.17, 15) is 9.90 Å². The van der Waals surface area contributed by atoms with Gasteiger partial charge in [-0.25, -0.2) is 9.78 Å². The van der Waals surface area contributed by atoms with E-state index in [0.717, 1.165) is 60.0 Å². The number of aryl methyl sites for hydroxylation is 1. The number of ether oxygens (including phenoxy) is 1. The van der Waals surface area contributed by atoms with Crippen molar-refractivity contribution < 1.29 is 14.6 Å². The van der Waals surface area contributed by atoms with E-state index in [4.69, 9.17) is 16.3 Å².